The lowest BCUT2D eigenvalue weighted by Crippen LogP contribution is -2.39. The second-order valence-corrected chi connectivity index (χ2v) is 7.23. The highest BCUT2D eigenvalue weighted by atomic mass is 16.2. The second-order valence-electron chi connectivity index (χ2n) is 7.23. The van der Waals surface area contributed by atoms with Crippen molar-refractivity contribution in [3.8, 4) is 0 Å². The molecule has 1 aromatic heterocycles. The van der Waals surface area contributed by atoms with Gasteiger partial charge in [0.05, 0.1) is 6.33 Å². The van der Waals surface area contributed by atoms with Crippen LogP contribution in [0.2, 0.25) is 0 Å². The van der Waals surface area contributed by atoms with E-state index < -0.39 is 0 Å². The molecule has 0 bridgehead atoms. The van der Waals surface area contributed by atoms with Gasteiger partial charge in [-0.25, -0.2) is 4.98 Å². The molecule has 6 heteroatoms. The van der Waals surface area contributed by atoms with Crippen LogP contribution in [0.5, 0.6) is 0 Å². The summed E-state index contributed by atoms with van der Waals surface area (Å²) in [7, 11) is 1.99. The van der Waals surface area contributed by atoms with Gasteiger partial charge in [-0.15, -0.1) is 0 Å². The monoisotopic (exact) mass is 354 g/mol. The Balaban J connectivity index is 1.68. The fraction of sp³-hybridized carbons (Fsp3) is 0.450. The minimum Gasteiger partial charge on any atom is -0.350 e. The maximum Gasteiger partial charge on any atom is 0.253 e. The third-order valence-corrected chi connectivity index (χ3v) is 4.79. The SMILES string of the molecule is CC(C)NC(=O)c1ccc(C(=O)N2CCCC(c3cncn3C)C2)cc1. The van der Waals surface area contributed by atoms with E-state index in [0.29, 0.717) is 23.6 Å². The van der Waals surface area contributed by atoms with E-state index in [0.717, 1.165) is 19.4 Å². The summed E-state index contributed by atoms with van der Waals surface area (Å²) in [6, 6.07) is 7.00. The Bertz CT molecular complexity index is 779. The second kappa shape index (κ2) is 7.72. The molecular formula is C20H26N4O2. The Morgan fingerprint density at radius 1 is 1.19 bits per heavy atom. The topological polar surface area (TPSA) is 67.2 Å². The van der Waals surface area contributed by atoms with Gasteiger partial charge in [-0.3, -0.25) is 9.59 Å². The fourth-order valence-electron chi connectivity index (χ4n) is 3.46. The van der Waals surface area contributed by atoms with E-state index in [9.17, 15) is 9.59 Å². The van der Waals surface area contributed by atoms with Crippen molar-refractivity contribution in [1.29, 1.82) is 0 Å². The van der Waals surface area contributed by atoms with Crippen LogP contribution in [-0.2, 0) is 7.05 Å². The van der Waals surface area contributed by atoms with Gasteiger partial charge >= 0.3 is 0 Å². The quantitative estimate of drug-likeness (QED) is 0.918. The Labute approximate surface area is 154 Å². The number of nitrogens with zero attached hydrogens (tertiary/aromatic N) is 3. The van der Waals surface area contributed by atoms with Crippen molar-refractivity contribution in [3.05, 3.63) is 53.6 Å². The Kier molecular flexibility index (Phi) is 5.40. The number of carbonyl (C=O) groups is 2. The van der Waals surface area contributed by atoms with E-state index >= 15 is 0 Å². The van der Waals surface area contributed by atoms with Gasteiger partial charge in [0.2, 0.25) is 0 Å². The van der Waals surface area contributed by atoms with Crippen LogP contribution >= 0.6 is 0 Å². The molecule has 26 heavy (non-hydrogen) atoms. The molecule has 1 aromatic carbocycles. The van der Waals surface area contributed by atoms with Gasteiger partial charge < -0.3 is 14.8 Å². The summed E-state index contributed by atoms with van der Waals surface area (Å²) in [6.07, 6.45) is 5.74. The third-order valence-electron chi connectivity index (χ3n) is 4.79. The molecule has 2 amide bonds. The lowest BCUT2D eigenvalue weighted by atomic mass is 9.94. The first kappa shape index (κ1) is 18.2. The largest absolute Gasteiger partial charge is 0.350 e. The first-order valence-corrected chi connectivity index (χ1v) is 9.12. The number of likely N-dealkylation sites (tertiary alicyclic amines) is 1. The van der Waals surface area contributed by atoms with E-state index in [4.69, 9.17) is 0 Å². The molecule has 138 valence electrons. The smallest absolute Gasteiger partial charge is 0.253 e. The van der Waals surface area contributed by atoms with Crippen molar-refractivity contribution in [1.82, 2.24) is 19.8 Å². The van der Waals surface area contributed by atoms with E-state index in [1.54, 1.807) is 30.6 Å². The lowest BCUT2D eigenvalue weighted by Gasteiger charge is -2.33. The third kappa shape index (κ3) is 3.95. The molecule has 1 saturated heterocycles. The van der Waals surface area contributed by atoms with Gasteiger partial charge in [0, 0.05) is 55.1 Å². The molecule has 1 aliphatic rings. The number of rotatable bonds is 4. The summed E-state index contributed by atoms with van der Waals surface area (Å²) in [5.74, 6) is 0.220. The molecule has 1 atom stereocenters. The predicted octanol–water partition coefficient (Wildman–Crippen LogP) is 2.58. The maximum atomic E-state index is 12.9. The highest BCUT2D eigenvalue weighted by molar-refractivity contribution is 5.98. The minimum atomic E-state index is -0.117. The zero-order chi connectivity index (χ0) is 18.7. The van der Waals surface area contributed by atoms with Gasteiger partial charge in [-0.05, 0) is 51.0 Å². The van der Waals surface area contributed by atoms with Crippen molar-refractivity contribution in [2.75, 3.05) is 13.1 Å². The Morgan fingerprint density at radius 3 is 2.50 bits per heavy atom. The number of carbonyl (C=O) groups excluding carboxylic acids is 2. The average molecular weight is 354 g/mol. The summed E-state index contributed by atoms with van der Waals surface area (Å²) >= 11 is 0. The molecule has 0 radical (unpaired) electrons. The van der Waals surface area contributed by atoms with E-state index in [1.807, 2.05) is 36.6 Å². The number of piperidine rings is 1. The van der Waals surface area contributed by atoms with E-state index in [1.165, 1.54) is 5.69 Å². The molecule has 1 N–H and O–H groups in total. The molecule has 0 saturated carbocycles. The molecule has 0 spiro atoms. The van der Waals surface area contributed by atoms with Crippen LogP contribution in [0.15, 0.2) is 36.8 Å². The first-order chi connectivity index (χ1) is 12.5. The fourth-order valence-corrected chi connectivity index (χ4v) is 3.46. The zero-order valence-electron chi connectivity index (χ0n) is 15.6. The molecule has 1 unspecified atom stereocenters. The zero-order valence-corrected chi connectivity index (χ0v) is 15.6. The van der Waals surface area contributed by atoms with Crippen molar-refractivity contribution in [2.45, 2.75) is 38.6 Å². The molecule has 6 nitrogen and oxygen atoms in total. The predicted molar refractivity (Wildman–Crippen MR) is 100 cm³/mol. The van der Waals surface area contributed by atoms with Crippen molar-refractivity contribution in [2.24, 2.45) is 7.05 Å². The normalized spacial score (nSPS) is 17.4. The van der Waals surface area contributed by atoms with Crippen LogP contribution in [0.25, 0.3) is 0 Å². The number of aryl methyl sites for hydroxylation is 1. The van der Waals surface area contributed by atoms with Gasteiger partial charge in [-0.2, -0.15) is 0 Å². The highest BCUT2D eigenvalue weighted by Crippen LogP contribution is 2.27. The summed E-state index contributed by atoms with van der Waals surface area (Å²) in [4.78, 5) is 31.0. The minimum absolute atomic E-state index is 0.0210. The first-order valence-electron chi connectivity index (χ1n) is 9.12. The van der Waals surface area contributed by atoms with Crippen LogP contribution < -0.4 is 5.32 Å². The van der Waals surface area contributed by atoms with Crippen LogP contribution in [-0.4, -0.2) is 45.4 Å². The van der Waals surface area contributed by atoms with Crippen molar-refractivity contribution < 1.29 is 9.59 Å². The van der Waals surface area contributed by atoms with Crippen molar-refractivity contribution in [3.63, 3.8) is 0 Å². The van der Waals surface area contributed by atoms with Gasteiger partial charge in [0.1, 0.15) is 0 Å². The molecule has 0 aliphatic carbocycles. The Morgan fingerprint density at radius 2 is 1.88 bits per heavy atom. The average Bonchev–Trinajstić information content (AvgIpc) is 3.07. The van der Waals surface area contributed by atoms with Crippen LogP contribution in [0.4, 0.5) is 0 Å². The number of nitrogens with one attached hydrogen (secondary N) is 1. The summed E-state index contributed by atoms with van der Waals surface area (Å²) in [6.45, 7) is 5.31. The number of imidazole rings is 1. The number of hydrogen-bond donors (Lipinski definition) is 1. The van der Waals surface area contributed by atoms with Gasteiger partial charge in [0.15, 0.2) is 0 Å². The molecule has 2 heterocycles. The molecule has 1 fully saturated rings. The van der Waals surface area contributed by atoms with Crippen molar-refractivity contribution >= 4 is 11.8 Å². The van der Waals surface area contributed by atoms with E-state index in [2.05, 4.69) is 10.3 Å². The number of amides is 2. The number of hydrogen-bond acceptors (Lipinski definition) is 3. The Hall–Kier alpha value is -2.63. The standard InChI is InChI=1S/C20H26N4O2/c1-14(2)22-19(25)15-6-8-16(9-7-15)20(26)24-10-4-5-17(12-24)18-11-21-13-23(18)3/h6-9,11,13-14,17H,4-5,10,12H2,1-3H3,(H,22,25). The van der Waals surface area contributed by atoms with Gasteiger partial charge in [-0.1, -0.05) is 0 Å². The summed E-state index contributed by atoms with van der Waals surface area (Å²) in [5, 5.41) is 2.86. The summed E-state index contributed by atoms with van der Waals surface area (Å²) < 4.78 is 2.03. The van der Waals surface area contributed by atoms with Crippen LogP contribution in [0.3, 0.4) is 0 Å². The lowest BCUT2D eigenvalue weighted by molar-refractivity contribution is 0.0704. The number of aromatic nitrogens is 2. The molecular weight excluding hydrogens is 328 g/mol. The molecule has 1 aliphatic heterocycles. The van der Waals surface area contributed by atoms with Gasteiger partial charge in [0.25, 0.3) is 11.8 Å². The van der Waals surface area contributed by atoms with Crippen LogP contribution in [0, 0.1) is 0 Å². The molecule has 3 rings (SSSR count). The summed E-state index contributed by atoms with van der Waals surface area (Å²) in [5.41, 5.74) is 2.36. The maximum absolute atomic E-state index is 12.9. The highest BCUT2D eigenvalue weighted by Gasteiger charge is 2.27. The molecule has 2 aromatic rings. The van der Waals surface area contributed by atoms with Crippen LogP contribution in [0.1, 0.15) is 59.0 Å². The number of benzene rings is 1. The van der Waals surface area contributed by atoms with E-state index in [-0.39, 0.29) is 17.9 Å².